The molecular formula is C19H21NO4. The van der Waals surface area contributed by atoms with Crippen molar-refractivity contribution in [3.63, 3.8) is 0 Å². The van der Waals surface area contributed by atoms with Gasteiger partial charge in [-0.25, -0.2) is 0 Å². The van der Waals surface area contributed by atoms with Gasteiger partial charge in [0.25, 0.3) is 0 Å². The molecule has 0 saturated carbocycles. The lowest BCUT2D eigenvalue weighted by molar-refractivity contribution is 0.292. The second-order valence-corrected chi connectivity index (χ2v) is 5.26. The normalized spacial score (nSPS) is 10.2. The number of aliphatic hydroxyl groups excluding tert-OH is 1. The van der Waals surface area contributed by atoms with Crippen LogP contribution in [0, 0.1) is 0 Å². The number of hydrogen-bond donors (Lipinski definition) is 5. The van der Waals surface area contributed by atoms with Gasteiger partial charge in [-0.15, -0.1) is 0 Å². The number of benzene rings is 3. The van der Waals surface area contributed by atoms with Gasteiger partial charge in [-0.2, -0.15) is 0 Å². The summed E-state index contributed by atoms with van der Waals surface area (Å²) in [6.45, 7) is 1.70. The highest BCUT2D eigenvalue weighted by atomic mass is 16.3. The van der Waals surface area contributed by atoms with E-state index in [1.54, 1.807) is 6.07 Å². The molecule has 0 aromatic heterocycles. The van der Waals surface area contributed by atoms with Crippen molar-refractivity contribution in [1.29, 1.82) is 0 Å². The van der Waals surface area contributed by atoms with E-state index in [2.05, 4.69) is 17.4 Å². The van der Waals surface area contributed by atoms with E-state index in [1.807, 2.05) is 18.2 Å². The summed E-state index contributed by atoms with van der Waals surface area (Å²) in [4.78, 5) is 0. The van der Waals surface area contributed by atoms with Crippen molar-refractivity contribution in [1.82, 2.24) is 5.32 Å². The molecule has 0 aliphatic carbocycles. The Balaban J connectivity index is 0.000000177. The van der Waals surface area contributed by atoms with Gasteiger partial charge in [-0.1, -0.05) is 36.4 Å². The van der Waals surface area contributed by atoms with Gasteiger partial charge in [-0.3, -0.25) is 0 Å². The maximum Gasteiger partial charge on any atom is 0.158 e. The molecular weight excluding hydrogens is 306 g/mol. The van der Waals surface area contributed by atoms with E-state index in [9.17, 15) is 10.2 Å². The summed E-state index contributed by atoms with van der Waals surface area (Å²) in [5, 5.41) is 40.5. The Hall–Kier alpha value is -2.76. The van der Waals surface area contributed by atoms with Crippen LogP contribution < -0.4 is 5.32 Å². The van der Waals surface area contributed by atoms with Crippen LogP contribution in [0.5, 0.6) is 17.2 Å². The Morgan fingerprint density at radius 2 is 1.42 bits per heavy atom. The fourth-order valence-corrected chi connectivity index (χ4v) is 2.17. The monoisotopic (exact) mass is 327 g/mol. The van der Waals surface area contributed by atoms with Gasteiger partial charge in [0.15, 0.2) is 11.5 Å². The van der Waals surface area contributed by atoms with Gasteiger partial charge in [0.1, 0.15) is 5.75 Å². The zero-order valence-corrected chi connectivity index (χ0v) is 13.2. The van der Waals surface area contributed by atoms with E-state index in [4.69, 9.17) is 10.2 Å². The molecule has 3 aromatic carbocycles. The smallest absolute Gasteiger partial charge is 0.158 e. The van der Waals surface area contributed by atoms with Crippen molar-refractivity contribution in [3.05, 3.63) is 66.2 Å². The molecule has 126 valence electrons. The molecule has 5 nitrogen and oxygen atoms in total. The summed E-state index contributed by atoms with van der Waals surface area (Å²) in [7, 11) is 0. The predicted octanol–water partition coefficient (Wildman–Crippen LogP) is 2.73. The third-order valence-corrected chi connectivity index (χ3v) is 3.38. The number of phenolic OH excluding ortho intramolecular Hbond substituents is 3. The first-order valence-electron chi connectivity index (χ1n) is 7.60. The molecule has 3 aromatic rings. The Kier molecular flexibility index (Phi) is 6.42. The lowest BCUT2D eigenvalue weighted by Crippen LogP contribution is -2.17. The van der Waals surface area contributed by atoms with Crippen LogP contribution in [0.4, 0.5) is 0 Å². The summed E-state index contributed by atoms with van der Waals surface area (Å²) in [6.07, 6.45) is 0. The van der Waals surface area contributed by atoms with E-state index in [1.165, 1.54) is 29.8 Å². The first-order chi connectivity index (χ1) is 11.6. The van der Waals surface area contributed by atoms with Crippen LogP contribution >= 0.6 is 0 Å². The van der Waals surface area contributed by atoms with Gasteiger partial charge in [0.2, 0.25) is 0 Å². The quantitative estimate of drug-likeness (QED) is 0.375. The summed E-state index contributed by atoms with van der Waals surface area (Å²) in [5.41, 5.74) is 1.25. The molecule has 0 aliphatic rings. The Bertz CT molecular complexity index is 775. The number of hydrogen-bond acceptors (Lipinski definition) is 5. The zero-order chi connectivity index (χ0) is 17.4. The molecule has 5 heteroatoms. The zero-order valence-electron chi connectivity index (χ0n) is 13.2. The van der Waals surface area contributed by atoms with E-state index in [0.717, 1.165) is 11.9 Å². The van der Waals surface area contributed by atoms with Crippen LogP contribution in [-0.4, -0.2) is 33.6 Å². The highest BCUT2D eigenvalue weighted by Gasteiger charge is 2.02. The molecule has 0 bridgehead atoms. The fourth-order valence-electron chi connectivity index (χ4n) is 2.17. The molecule has 0 aliphatic heterocycles. The number of aromatic hydroxyl groups is 3. The maximum absolute atomic E-state index is 9.18. The number of nitrogens with one attached hydrogen (secondary N) is 1. The topological polar surface area (TPSA) is 93.0 Å². The second kappa shape index (κ2) is 8.76. The Labute approximate surface area is 140 Å². The van der Waals surface area contributed by atoms with Crippen molar-refractivity contribution in [2.75, 3.05) is 13.2 Å². The van der Waals surface area contributed by atoms with Gasteiger partial charge in [-0.05, 0) is 40.6 Å². The average Bonchev–Trinajstić information content (AvgIpc) is 2.58. The van der Waals surface area contributed by atoms with E-state index in [-0.39, 0.29) is 23.9 Å². The summed E-state index contributed by atoms with van der Waals surface area (Å²) in [5.74, 6) is -0.200. The van der Waals surface area contributed by atoms with Crippen LogP contribution in [0.2, 0.25) is 0 Å². The molecule has 24 heavy (non-hydrogen) atoms. The number of fused-ring (bicyclic) bond motifs is 1. The second-order valence-electron chi connectivity index (χ2n) is 5.26. The highest BCUT2D eigenvalue weighted by molar-refractivity contribution is 5.86. The Morgan fingerprint density at radius 3 is 2.08 bits per heavy atom. The van der Waals surface area contributed by atoms with Crippen molar-refractivity contribution in [2.24, 2.45) is 0 Å². The van der Waals surface area contributed by atoms with Gasteiger partial charge >= 0.3 is 0 Å². The average molecular weight is 327 g/mol. The van der Waals surface area contributed by atoms with Crippen molar-refractivity contribution in [3.8, 4) is 17.2 Å². The molecule has 0 saturated heterocycles. The summed E-state index contributed by atoms with van der Waals surface area (Å²) in [6, 6.07) is 17.7. The van der Waals surface area contributed by atoms with Gasteiger partial charge in [0.05, 0.1) is 6.61 Å². The molecule has 0 spiro atoms. The predicted molar refractivity (Wildman–Crippen MR) is 94.2 cm³/mol. The maximum atomic E-state index is 9.18. The third-order valence-electron chi connectivity index (χ3n) is 3.38. The van der Waals surface area contributed by atoms with E-state index in [0.29, 0.717) is 11.9 Å². The summed E-state index contributed by atoms with van der Waals surface area (Å²) < 4.78 is 0. The highest BCUT2D eigenvalue weighted by Crippen LogP contribution is 2.31. The first-order valence-corrected chi connectivity index (χ1v) is 7.60. The molecule has 5 N–H and O–H groups in total. The molecule has 0 fully saturated rings. The lowest BCUT2D eigenvalue weighted by Gasteiger charge is -2.01. The van der Waals surface area contributed by atoms with Crippen LogP contribution in [0.25, 0.3) is 10.8 Å². The van der Waals surface area contributed by atoms with E-state index < -0.39 is 0 Å². The molecule has 0 atom stereocenters. The Morgan fingerprint density at radius 1 is 0.750 bits per heavy atom. The molecule has 3 rings (SSSR count). The summed E-state index contributed by atoms with van der Waals surface area (Å²) >= 11 is 0. The minimum absolute atomic E-state index is 0.137. The molecule has 0 heterocycles. The standard InChI is InChI=1S/C10H8O3.C9H13NO/c11-8-2-1-6-4-9(12)10(13)5-7(6)3-8;11-7-6-10-8-9-4-2-1-3-5-9/h1-5,11-13H;1-5,10-11H,6-8H2. The third kappa shape index (κ3) is 5.15. The fraction of sp³-hybridized carbons (Fsp3) is 0.158. The van der Waals surface area contributed by atoms with Crippen molar-refractivity contribution < 1.29 is 20.4 Å². The van der Waals surface area contributed by atoms with Crippen LogP contribution in [0.15, 0.2) is 60.7 Å². The molecule has 0 radical (unpaired) electrons. The molecule has 0 unspecified atom stereocenters. The number of aliphatic hydroxyl groups is 1. The van der Waals surface area contributed by atoms with E-state index >= 15 is 0 Å². The lowest BCUT2D eigenvalue weighted by atomic mass is 10.1. The van der Waals surface area contributed by atoms with Crippen molar-refractivity contribution in [2.45, 2.75) is 6.54 Å². The van der Waals surface area contributed by atoms with Crippen molar-refractivity contribution >= 4 is 10.8 Å². The number of rotatable bonds is 4. The molecule has 0 amide bonds. The van der Waals surface area contributed by atoms with Crippen LogP contribution in [-0.2, 0) is 6.54 Å². The van der Waals surface area contributed by atoms with Crippen LogP contribution in [0.1, 0.15) is 5.56 Å². The minimum atomic E-state index is -0.182. The minimum Gasteiger partial charge on any atom is -0.508 e. The van der Waals surface area contributed by atoms with Gasteiger partial charge in [0, 0.05) is 13.1 Å². The largest absolute Gasteiger partial charge is 0.508 e. The van der Waals surface area contributed by atoms with Crippen LogP contribution in [0.3, 0.4) is 0 Å². The number of phenols is 3. The SMILES string of the molecule is OCCNCc1ccccc1.Oc1ccc2cc(O)c(O)cc2c1. The first kappa shape index (κ1) is 17.6. The van der Waals surface area contributed by atoms with Gasteiger partial charge < -0.3 is 25.7 Å².